The van der Waals surface area contributed by atoms with Gasteiger partial charge in [-0.2, -0.15) is 5.10 Å². The smallest absolute Gasteiger partial charge is 0.249 e. The Morgan fingerprint density at radius 3 is 2.70 bits per heavy atom. The second kappa shape index (κ2) is 5.18. The van der Waals surface area contributed by atoms with E-state index in [-0.39, 0.29) is 11.5 Å². The molecule has 0 radical (unpaired) electrons. The van der Waals surface area contributed by atoms with Crippen LogP contribution in [-0.2, 0) is 23.2 Å². The lowest BCUT2D eigenvalue weighted by atomic mass is 9.88. The topological polar surface area (TPSA) is 50.6 Å². The summed E-state index contributed by atoms with van der Waals surface area (Å²) in [5.74, 6) is 0.133. The zero-order valence-electron chi connectivity index (χ0n) is 12.2. The van der Waals surface area contributed by atoms with Crippen LogP contribution < -0.4 is 0 Å². The molecule has 1 spiro atoms. The standard InChI is InChI=1S/C14H22N4O2/c1-3-18-13(19)8-14(20-18)4-6-17(7-5-14)11-12-9-15-16(2)10-12/h9-10H,3-8,11H2,1-2H3. The number of hydrogen-bond donors (Lipinski definition) is 0. The van der Waals surface area contributed by atoms with Gasteiger partial charge in [0.1, 0.15) is 5.60 Å². The van der Waals surface area contributed by atoms with Crippen LogP contribution in [0.3, 0.4) is 0 Å². The molecule has 2 fully saturated rings. The van der Waals surface area contributed by atoms with E-state index in [1.807, 2.05) is 24.9 Å². The molecule has 0 aromatic carbocycles. The molecule has 3 heterocycles. The molecular formula is C14H22N4O2. The molecule has 110 valence electrons. The van der Waals surface area contributed by atoms with Gasteiger partial charge in [0.05, 0.1) is 12.6 Å². The SMILES string of the molecule is CCN1OC2(CCN(Cc3cnn(C)c3)CC2)CC1=O. The largest absolute Gasteiger partial charge is 0.299 e. The van der Waals surface area contributed by atoms with Gasteiger partial charge in [-0.25, -0.2) is 5.06 Å². The van der Waals surface area contributed by atoms with Crippen LogP contribution >= 0.6 is 0 Å². The molecule has 0 N–H and O–H groups in total. The quantitative estimate of drug-likeness (QED) is 0.825. The molecule has 2 saturated heterocycles. The summed E-state index contributed by atoms with van der Waals surface area (Å²) in [6.07, 6.45) is 6.37. The van der Waals surface area contributed by atoms with Crippen LogP contribution in [0.4, 0.5) is 0 Å². The predicted molar refractivity (Wildman–Crippen MR) is 73.5 cm³/mol. The Kier molecular flexibility index (Phi) is 3.52. The number of amides is 1. The van der Waals surface area contributed by atoms with Crippen molar-refractivity contribution in [2.45, 2.75) is 38.3 Å². The van der Waals surface area contributed by atoms with Crippen LogP contribution in [0.5, 0.6) is 0 Å². The van der Waals surface area contributed by atoms with E-state index in [4.69, 9.17) is 4.84 Å². The Balaban J connectivity index is 1.56. The van der Waals surface area contributed by atoms with E-state index in [1.54, 1.807) is 0 Å². The molecule has 0 unspecified atom stereocenters. The van der Waals surface area contributed by atoms with Crippen molar-refractivity contribution < 1.29 is 9.63 Å². The summed E-state index contributed by atoms with van der Waals surface area (Å²) in [6.45, 7) is 5.46. The minimum atomic E-state index is -0.238. The third-order valence-corrected chi connectivity index (χ3v) is 4.27. The fourth-order valence-electron chi connectivity index (χ4n) is 3.12. The molecule has 2 aliphatic heterocycles. The Labute approximate surface area is 119 Å². The van der Waals surface area contributed by atoms with Gasteiger partial charge in [-0.15, -0.1) is 0 Å². The molecule has 1 aromatic heterocycles. The lowest BCUT2D eigenvalue weighted by Crippen LogP contribution is -2.44. The zero-order chi connectivity index (χ0) is 14.2. The van der Waals surface area contributed by atoms with Gasteiger partial charge < -0.3 is 0 Å². The van der Waals surface area contributed by atoms with Crippen molar-refractivity contribution in [1.29, 1.82) is 0 Å². The molecule has 3 rings (SSSR count). The van der Waals surface area contributed by atoms with Crippen LogP contribution in [0.1, 0.15) is 31.7 Å². The van der Waals surface area contributed by atoms with E-state index in [2.05, 4.69) is 16.2 Å². The van der Waals surface area contributed by atoms with E-state index >= 15 is 0 Å². The normalized spacial score (nSPS) is 22.9. The number of carbonyl (C=O) groups excluding carboxylic acids is 1. The van der Waals surface area contributed by atoms with Crippen LogP contribution in [0.2, 0.25) is 0 Å². The first-order valence-corrected chi connectivity index (χ1v) is 7.30. The number of aryl methyl sites for hydroxylation is 1. The maximum absolute atomic E-state index is 11.8. The fourth-order valence-corrected chi connectivity index (χ4v) is 3.12. The number of rotatable bonds is 3. The molecule has 0 atom stereocenters. The average Bonchev–Trinajstić information content (AvgIpc) is 2.97. The van der Waals surface area contributed by atoms with Crippen molar-refractivity contribution in [3.63, 3.8) is 0 Å². The number of aromatic nitrogens is 2. The van der Waals surface area contributed by atoms with Gasteiger partial charge in [-0.05, 0) is 19.8 Å². The maximum atomic E-state index is 11.8. The van der Waals surface area contributed by atoms with Crippen molar-refractivity contribution in [2.24, 2.45) is 7.05 Å². The van der Waals surface area contributed by atoms with Gasteiger partial charge in [0, 0.05) is 45.0 Å². The molecule has 20 heavy (non-hydrogen) atoms. The number of piperidine rings is 1. The highest BCUT2D eigenvalue weighted by Gasteiger charge is 2.46. The maximum Gasteiger partial charge on any atom is 0.249 e. The summed E-state index contributed by atoms with van der Waals surface area (Å²) in [4.78, 5) is 20.1. The van der Waals surface area contributed by atoms with E-state index in [1.165, 1.54) is 10.6 Å². The van der Waals surface area contributed by atoms with E-state index in [0.717, 1.165) is 32.5 Å². The first-order chi connectivity index (χ1) is 9.60. The van der Waals surface area contributed by atoms with Gasteiger partial charge in [0.25, 0.3) is 0 Å². The summed E-state index contributed by atoms with van der Waals surface area (Å²) in [5.41, 5.74) is 1.00. The third-order valence-electron chi connectivity index (χ3n) is 4.27. The second-order valence-corrected chi connectivity index (χ2v) is 5.84. The highest BCUT2D eigenvalue weighted by Crippen LogP contribution is 2.36. The summed E-state index contributed by atoms with van der Waals surface area (Å²) in [5, 5.41) is 5.72. The van der Waals surface area contributed by atoms with Gasteiger partial charge in [-0.1, -0.05) is 0 Å². The lowest BCUT2D eigenvalue weighted by Gasteiger charge is -2.37. The minimum Gasteiger partial charge on any atom is -0.299 e. The van der Waals surface area contributed by atoms with Gasteiger partial charge in [-0.3, -0.25) is 19.2 Å². The molecule has 1 amide bonds. The first kappa shape index (κ1) is 13.6. The number of carbonyl (C=O) groups is 1. The number of hydrogen-bond acceptors (Lipinski definition) is 4. The number of nitrogens with zero attached hydrogens (tertiary/aromatic N) is 4. The van der Waals surface area contributed by atoms with Crippen LogP contribution in [0.25, 0.3) is 0 Å². The molecule has 6 heteroatoms. The van der Waals surface area contributed by atoms with E-state index in [0.29, 0.717) is 13.0 Å². The Bertz CT molecular complexity index is 491. The molecule has 0 bridgehead atoms. The Morgan fingerprint density at radius 2 is 2.15 bits per heavy atom. The molecular weight excluding hydrogens is 256 g/mol. The van der Waals surface area contributed by atoms with Crippen LogP contribution in [0, 0.1) is 0 Å². The highest BCUT2D eigenvalue weighted by atomic mass is 16.7. The fraction of sp³-hybridized carbons (Fsp3) is 0.714. The van der Waals surface area contributed by atoms with Gasteiger partial charge in [0.15, 0.2) is 0 Å². The monoisotopic (exact) mass is 278 g/mol. The summed E-state index contributed by atoms with van der Waals surface area (Å²) < 4.78 is 1.83. The van der Waals surface area contributed by atoms with Crippen LogP contribution in [0.15, 0.2) is 12.4 Å². The van der Waals surface area contributed by atoms with E-state index < -0.39 is 0 Å². The van der Waals surface area contributed by atoms with Gasteiger partial charge >= 0.3 is 0 Å². The van der Waals surface area contributed by atoms with Crippen molar-refractivity contribution in [1.82, 2.24) is 19.7 Å². The first-order valence-electron chi connectivity index (χ1n) is 7.30. The third kappa shape index (κ3) is 2.58. The average molecular weight is 278 g/mol. The van der Waals surface area contributed by atoms with Crippen molar-refractivity contribution >= 4 is 5.91 Å². The second-order valence-electron chi connectivity index (χ2n) is 5.84. The summed E-state index contributed by atoms with van der Waals surface area (Å²) in [6, 6.07) is 0. The van der Waals surface area contributed by atoms with E-state index in [9.17, 15) is 4.79 Å². The minimum absolute atomic E-state index is 0.133. The number of likely N-dealkylation sites (tertiary alicyclic amines) is 1. The van der Waals surface area contributed by atoms with Crippen molar-refractivity contribution in [3.8, 4) is 0 Å². The van der Waals surface area contributed by atoms with Crippen LogP contribution in [-0.4, -0.2) is 50.9 Å². The Morgan fingerprint density at radius 1 is 1.40 bits per heavy atom. The molecule has 0 aliphatic carbocycles. The molecule has 6 nitrogen and oxygen atoms in total. The molecule has 2 aliphatic rings. The zero-order valence-corrected chi connectivity index (χ0v) is 12.2. The highest BCUT2D eigenvalue weighted by molar-refractivity contribution is 5.78. The Hall–Kier alpha value is -1.40. The van der Waals surface area contributed by atoms with Crippen molar-refractivity contribution in [2.75, 3.05) is 19.6 Å². The summed E-state index contributed by atoms with van der Waals surface area (Å²) in [7, 11) is 1.94. The van der Waals surface area contributed by atoms with Crippen molar-refractivity contribution in [3.05, 3.63) is 18.0 Å². The molecule has 0 saturated carbocycles. The van der Waals surface area contributed by atoms with Gasteiger partial charge in [0.2, 0.25) is 5.91 Å². The number of hydroxylamine groups is 2. The predicted octanol–water partition coefficient (Wildman–Crippen LogP) is 0.938. The lowest BCUT2D eigenvalue weighted by molar-refractivity contribution is -0.208. The summed E-state index contributed by atoms with van der Waals surface area (Å²) >= 11 is 0. The molecule has 1 aromatic rings.